The number of Topliss-reactive ketones (excluding diaryl/α,β-unsaturated/α-hetero) is 1. The minimum atomic E-state index is -0.138. The average molecular weight is 671 g/mol. The zero-order valence-electron chi connectivity index (χ0n) is 32.2. The van der Waals surface area contributed by atoms with Crippen molar-refractivity contribution in [3.05, 3.63) is 0 Å². The second kappa shape index (κ2) is 15.8. The third-order valence-corrected chi connectivity index (χ3v) is 14.4. The number of ether oxygens (including phenoxy) is 1. The molecule has 6 heteroatoms. The normalized spacial score (nSPS) is 35.3. The predicted octanol–water partition coefficient (Wildman–Crippen LogP) is 10.6. The van der Waals surface area contributed by atoms with Gasteiger partial charge in [0.05, 0.1) is 24.1 Å². The van der Waals surface area contributed by atoms with Crippen molar-refractivity contribution in [3.63, 3.8) is 0 Å². The molecule has 3 aliphatic carbocycles. The average Bonchev–Trinajstić information content (AvgIpc) is 3.14. The van der Waals surface area contributed by atoms with Gasteiger partial charge in [-0.15, -0.1) is 0 Å². The highest BCUT2D eigenvalue weighted by molar-refractivity contribution is 7.20. The molecular formula is C41H71N2O3P. The number of rotatable bonds is 14. The van der Waals surface area contributed by atoms with Crippen LogP contribution in [0.3, 0.4) is 0 Å². The van der Waals surface area contributed by atoms with Gasteiger partial charge in [0.1, 0.15) is 5.78 Å². The zero-order chi connectivity index (χ0) is 35.4. The Morgan fingerprint density at radius 3 is 2.28 bits per heavy atom. The molecule has 3 aliphatic rings. The monoisotopic (exact) mass is 671 g/mol. The first-order valence-electron chi connectivity index (χ1n) is 19.2. The van der Waals surface area contributed by atoms with Gasteiger partial charge in [-0.1, -0.05) is 84.0 Å². The van der Waals surface area contributed by atoms with E-state index in [-0.39, 0.29) is 50.8 Å². The van der Waals surface area contributed by atoms with E-state index in [4.69, 9.17) is 10.00 Å². The van der Waals surface area contributed by atoms with Gasteiger partial charge in [0.2, 0.25) is 5.91 Å². The van der Waals surface area contributed by atoms with Crippen molar-refractivity contribution in [2.45, 2.75) is 172 Å². The van der Waals surface area contributed by atoms with E-state index in [0.717, 1.165) is 44.0 Å². The Kier molecular flexibility index (Phi) is 13.5. The van der Waals surface area contributed by atoms with E-state index >= 15 is 0 Å². The maximum atomic E-state index is 13.4. The molecule has 3 fully saturated rings. The third kappa shape index (κ3) is 9.11. The number of fused-ring (bicyclic) bond motifs is 2. The molecule has 0 radical (unpaired) electrons. The summed E-state index contributed by atoms with van der Waals surface area (Å²) < 4.78 is 6.68. The molecule has 3 saturated carbocycles. The smallest absolute Gasteiger partial charge is 0.223 e. The number of nitrogens with zero attached hydrogens (tertiary/aromatic N) is 1. The van der Waals surface area contributed by atoms with Crippen LogP contribution in [-0.2, 0) is 14.3 Å². The van der Waals surface area contributed by atoms with E-state index in [1.807, 2.05) is 0 Å². The van der Waals surface area contributed by atoms with Gasteiger partial charge in [0.25, 0.3) is 0 Å². The molecule has 0 saturated heterocycles. The van der Waals surface area contributed by atoms with E-state index in [1.54, 1.807) is 6.92 Å². The SMILES string of the molecule is CCCC1CC2CCC3C(C)(CCC(C(C)(C)C(C)OC(=P)CC(C)(C)CC(C)=O)C3(C)CC)C[C@]2(C)CCC1C(=O)NCCC#N. The molecule has 5 nitrogen and oxygen atoms in total. The standard InChI is InChI=1S/C41H71N2O3P/c1-12-15-30-24-31-16-17-34-40(10,27-39(31,9)20-18-32(30)36(45)43-23-14-22-42)21-19-33(41(34,11)13-2)38(7,8)29(4)46-35(47)26-37(5,6)25-28(3)44/h29-34,47H,12-21,23-27H2,1-11H3,(H,43,45)/t29?,30?,31?,32?,33?,34?,39-,40?,41?/m0/s1. The lowest BCUT2D eigenvalue weighted by molar-refractivity contribution is -0.135. The summed E-state index contributed by atoms with van der Waals surface area (Å²) in [4.78, 5) is 25.3. The molecule has 3 rings (SSSR count). The fourth-order valence-electron chi connectivity index (χ4n) is 11.6. The third-order valence-electron chi connectivity index (χ3n) is 14.1. The molecule has 0 spiro atoms. The number of amides is 1. The van der Waals surface area contributed by atoms with Crippen molar-refractivity contribution in [1.29, 1.82) is 5.26 Å². The lowest BCUT2D eigenvalue weighted by Gasteiger charge is -2.61. The van der Waals surface area contributed by atoms with E-state index in [9.17, 15) is 9.59 Å². The van der Waals surface area contributed by atoms with Gasteiger partial charge in [-0.25, -0.2) is 0 Å². The Labute approximate surface area is 291 Å². The van der Waals surface area contributed by atoms with Crippen LogP contribution in [-0.4, -0.2) is 29.8 Å². The maximum Gasteiger partial charge on any atom is 0.223 e. The van der Waals surface area contributed by atoms with Crippen LogP contribution in [0, 0.1) is 68.0 Å². The first-order chi connectivity index (χ1) is 21.8. The van der Waals surface area contributed by atoms with Crippen LogP contribution >= 0.6 is 8.86 Å². The molecule has 8 unspecified atom stereocenters. The summed E-state index contributed by atoms with van der Waals surface area (Å²) in [5, 5.41) is 12.1. The molecule has 9 atom stereocenters. The number of carbonyl (C=O) groups excluding carboxylic acids is 2. The number of carbonyl (C=O) groups is 2. The van der Waals surface area contributed by atoms with Gasteiger partial charge < -0.3 is 14.8 Å². The van der Waals surface area contributed by atoms with Crippen molar-refractivity contribution < 1.29 is 14.3 Å². The Morgan fingerprint density at radius 2 is 1.68 bits per heavy atom. The molecule has 0 aliphatic heterocycles. The molecule has 268 valence electrons. The van der Waals surface area contributed by atoms with Crippen LogP contribution in [0.15, 0.2) is 0 Å². The largest absolute Gasteiger partial charge is 0.355 e. The number of hydrogen-bond acceptors (Lipinski definition) is 4. The number of ketones is 1. The van der Waals surface area contributed by atoms with Crippen LogP contribution in [0.25, 0.3) is 0 Å². The van der Waals surface area contributed by atoms with Crippen molar-refractivity contribution in [2.75, 3.05) is 6.54 Å². The number of hydrogen-bond donors (Lipinski definition) is 1. The molecule has 0 bridgehead atoms. The van der Waals surface area contributed by atoms with E-state index in [0.29, 0.717) is 43.1 Å². The molecule has 0 heterocycles. The second-order valence-electron chi connectivity index (χ2n) is 18.6. The van der Waals surface area contributed by atoms with Crippen LogP contribution < -0.4 is 5.32 Å². The quantitative estimate of drug-likeness (QED) is 0.147. The van der Waals surface area contributed by atoms with Gasteiger partial charge in [-0.05, 0) is 122 Å². The Bertz CT molecular complexity index is 1160. The molecule has 0 aromatic heterocycles. The second-order valence-corrected chi connectivity index (χ2v) is 19.2. The summed E-state index contributed by atoms with van der Waals surface area (Å²) >= 11 is 0. The van der Waals surface area contributed by atoms with E-state index in [2.05, 4.69) is 89.5 Å². The fourth-order valence-corrected chi connectivity index (χ4v) is 12.3. The number of nitrogens with one attached hydrogen (secondary N) is 1. The molecule has 1 amide bonds. The van der Waals surface area contributed by atoms with Gasteiger partial charge in [-0.2, -0.15) is 5.26 Å². The van der Waals surface area contributed by atoms with Crippen molar-refractivity contribution >= 4 is 26.0 Å². The lowest BCUT2D eigenvalue weighted by Crippen LogP contribution is -2.55. The molecule has 47 heavy (non-hydrogen) atoms. The predicted molar refractivity (Wildman–Crippen MR) is 198 cm³/mol. The van der Waals surface area contributed by atoms with Crippen molar-refractivity contribution in [2.24, 2.45) is 56.7 Å². The Morgan fingerprint density at radius 1 is 1.02 bits per heavy atom. The van der Waals surface area contributed by atoms with Crippen molar-refractivity contribution in [3.8, 4) is 6.07 Å². The summed E-state index contributed by atoms with van der Waals surface area (Å²) in [6.45, 7) is 26.1. The minimum absolute atomic E-state index is 0.0203. The molecule has 1 N–H and O–H groups in total. The summed E-state index contributed by atoms with van der Waals surface area (Å²) in [6.07, 6.45) is 14.6. The minimum Gasteiger partial charge on any atom is -0.355 e. The lowest BCUT2D eigenvalue weighted by atomic mass is 9.44. The van der Waals surface area contributed by atoms with Crippen LogP contribution in [0.4, 0.5) is 0 Å². The highest BCUT2D eigenvalue weighted by Crippen LogP contribution is 2.68. The first-order valence-corrected chi connectivity index (χ1v) is 19.7. The van der Waals surface area contributed by atoms with Gasteiger partial charge in [0.15, 0.2) is 0 Å². The maximum absolute atomic E-state index is 13.4. The highest BCUT2D eigenvalue weighted by atomic mass is 31.0. The molecule has 0 aromatic carbocycles. The van der Waals surface area contributed by atoms with Crippen molar-refractivity contribution in [1.82, 2.24) is 5.32 Å². The Hall–Kier alpha value is -1.24. The van der Waals surface area contributed by atoms with Crippen LogP contribution in [0.2, 0.25) is 0 Å². The summed E-state index contributed by atoms with van der Waals surface area (Å²) in [6, 6.07) is 2.18. The zero-order valence-corrected chi connectivity index (χ0v) is 33.2. The number of nitriles is 1. The summed E-state index contributed by atoms with van der Waals surface area (Å²) in [5.41, 5.74) is 1.44. The Balaban J connectivity index is 1.84. The van der Waals surface area contributed by atoms with Gasteiger partial charge in [-0.3, -0.25) is 4.79 Å². The molecule has 0 aromatic rings. The van der Waals surface area contributed by atoms with Crippen LogP contribution in [0.5, 0.6) is 0 Å². The van der Waals surface area contributed by atoms with Gasteiger partial charge in [0, 0.05) is 25.3 Å². The van der Waals surface area contributed by atoms with Gasteiger partial charge >= 0.3 is 0 Å². The van der Waals surface area contributed by atoms with E-state index < -0.39 is 0 Å². The molecular weight excluding hydrogens is 599 g/mol. The summed E-state index contributed by atoms with van der Waals surface area (Å²) in [7, 11) is 3.84. The summed E-state index contributed by atoms with van der Waals surface area (Å²) in [5.74, 6) is 2.76. The highest BCUT2D eigenvalue weighted by Gasteiger charge is 2.60. The first kappa shape index (κ1) is 40.2. The fraction of sp³-hybridized carbons (Fsp3) is 0.902. The van der Waals surface area contributed by atoms with Crippen LogP contribution in [0.1, 0.15) is 166 Å². The topological polar surface area (TPSA) is 79.2 Å². The van der Waals surface area contributed by atoms with E-state index in [1.165, 1.54) is 38.5 Å².